The molecule has 0 aromatic heterocycles. The SMILES string of the molecule is CCCCCCOc1ccc(C2Nc3ccccc3C(=O)N2CCc2ccccc2)cc1OC. The Hall–Kier alpha value is -3.47. The number of hydrogen-bond donors (Lipinski definition) is 1. The predicted octanol–water partition coefficient (Wildman–Crippen LogP) is 6.46. The smallest absolute Gasteiger partial charge is 0.257 e. The third kappa shape index (κ3) is 5.53. The van der Waals surface area contributed by atoms with Crippen LogP contribution in [0.4, 0.5) is 5.69 Å². The predicted molar refractivity (Wildman–Crippen MR) is 137 cm³/mol. The first-order valence-electron chi connectivity index (χ1n) is 12.2. The van der Waals surface area contributed by atoms with Crippen molar-refractivity contribution in [3.05, 3.63) is 89.5 Å². The van der Waals surface area contributed by atoms with E-state index in [2.05, 4.69) is 24.4 Å². The van der Waals surface area contributed by atoms with Crippen LogP contribution in [0.5, 0.6) is 11.5 Å². The monoisotopic (exact) mass is 458 g/mol. The van der Waals surface area contributed by atoms with Gasteiger partial charge in [0.05, 0.1) is 19.3 Å². The lowest BCUT2D eigenvalue weighted by Gasteiger charge is -2.38. The van der Waals surface area contributed by atoms with Gasteiger partial charge < -0.3 is 19.7 Å². The Morgan fingerprint density at radius 2 is 1.71 bits per heavy atom. The van der Waals surface area contributed by atoms with Crippen LogP contribution in [-0.4, -0.2) is 31.1 Å². The second-order valence-electron chi connectivity index (χ2n) is 8.65. The van der Waals surface area contributed by atoms with Crippen molar-refractivity contribution >= 4 is 11.6 Å². The molecule has 0 spiro atoms. The Balaban J connectivity index is 1.57. The fraction of sp³-hybridized carbons (Fsp3) is 0.345. The Labute approximate surface area is 202 Å². The molecule has 0 saturated carbocycles. The van der Waals surface area contributed by atoms with Gasteiger partial charge >= 0.3 is 0 Å². The fourth-order valence-electron chi connectivity index (χ4n) is 4.37. The lowest BCUT2D eigenvalue weighted by atomic mass is 10.0. The van der Waals surface area contributed by atoms with Crippen LogP contribution in [0.2, 0.25) is 0 Å². The number of nitrogens with one attached hydrogen (secondary N) is 1. The highest BCUT2D eigenvalue weighted by molar-refractivity contribution is 6.01. The molecule has 1 aliphatic rings. The van der Waals surface area contributed by atoms with Gasteiger partial charge in [-0.2, -0.15) is 0 Å². The first-order chi connectivity index (χ1) is 16.7. The van der Waals surface area contributed by atoms with Crippen LogP contribution >= 0.6 is 0 Å². The molecule has 0 aliphatic carbocycles. The summed E-state index contributed by atoms with van der Waals surface area (Å²) in [7, 11) is 1.66. The van der Waals surface area contributed by atoms with Gasteiger partial charge in [0.2, 0.25) is 0 Å². The van der Waals surface area contributed by atoms with Gasteiger partial charge in [-0.1, -0.05) is 74.7 Å². The van der Waals surface area contributed by atoms with Crippen LogP contribution < -0.4 is 14.8 Å². The summed E-state index contributed by atoms with van der Waals surface area (Å²) >= 11 is 0. The number of ether oxygens (including phenoxy) is 2. The standard InChI is InChI=1S/C29H34N2O3/c1-3-4-5-11-20-34-26-17-16-23(21-27(26)33-2)28-30-25-15-10-9-14-24(25)29(32)31(28)19-18-22-12-7-6-8-13-22/h6-10,12-17,21,28,30H,3-5,11,18-20H2,1-2H3. The van der Waals surface area contributed by atoms with Crippen molar-refractivity contribution in [2.24, 2.45) is 0 Å². The Morgan fingerprint density at radius 3 is 2.50 bits per heavy atom. The van der Waals surface area contributed by atoms with E-state index in [9.17, 15) is 4.79 Å². The number of carbonyl (C=O) groups is 1. The van der Waals surface area contributed by atoms with Gasteiger partial charge in [-0.25, -0.2) is 0 Å². The van der Waals surface area contributed by atoms with Crippen molar-refractivity contribution in [2.45, 2.75) is 45.2 Å². The van der Waals surface area contributed by atoms with E-state index in [1.165, 1.54) is 24.8 Å². The highest BCUT2D eigenvalue weighted by Crippen LogP contribution is 2.37. The summed E-state index contributed by atoms with van der Waals surface area (Å²) in [5, 5.41) is 3.58. The van der Waals surface area contributed by atoms with Gasteiger partial charge in [0.15, 0.2) is 11.5 Å². The maximum atomic E-state index is 13.5. The molecule has 3 aromatic carbocycles. The lowest BCUT2D eigenvalue weighted by Crippen LogP contribution is -2.44. The van der Waals surface area contributed by atoms with Gasteiger partial charge in [-0.15, -0.1) is 0 Å². The van der Waals surface area contributed by atoms with Crippen molar-refractivity contribution in [3.8, 4) is 11.5 Å². The van der Waals surface area contributed by atoms with E-state index in [1.807, 2.05) is 65.6 Å². The summed E-state index contributed by atoms with van der Waals surface area (Å²) in [6.45, 7) is 3.48. The van der Waals surface area contributed by atoms with Gasteiger partial charge in [0.1, 0.15) is 6.17 Å². The van der Waals surface area contributed by atoms with Crippen LogP contribution in [0.15, 0.2) is 72.8 Å². The number of rotatable bonds is 11. The molecule has 4 rings (SSSR count). The molecular formula is C29H34N2O3. The van der Waals surface area contributed by atoms with Crippen LogP contribution in [0, 0.1) is 0 Å². The van der Waals surface area contributed by atoms with E-state index in [4.69, 9.17) is 9.47 Å². The zero-order valence-corrected chi connectivity index (χ0v) is 20.1. The minimum Gasteiger partial charge on any atom is -0.493 e. The van der Waals surface area contributed by atoms with E-state index < -0.39 is 0 Å². The normalized spacial score (nSPS) is 14.9. The van der Waals surface area contributed by atoms with E-state index in [0.29, 0.717) is 24.5 Å². The Kier molecular flexibility index (Phi) is 8.08. The van der Waals surface area contributed by atoms with Crippen LogP contribution in [0.25, 0.3) is 0 Å². The first-order valence-corrected chi connectivity index (χ1v) is 12.2. The molecule has 1 atom stereocenters. The number of carbonyl (C=O) groups excluding carboxylic acids is 1. The van der Waals surface area contributed by atoms with E-state index in [0.717, 1.165) is 29.8 Å². The van der Waals surface area contributed by atoms with Gasteiger partial charge in [0, 0.05) is 12.2 Å². The van der Waals surface area contributed by atoms with Crippen molar-refractivity contribution < 1.29 is 14.3 Å². The van der Waals surface area contributed by atoms with Crippen molar-refractivity contribution in [2.75, 3.05) is 25.6 Å². The van der Waals surface area contributed by atoms with E-state index in [-0.39, 0.29) is 12.1 Å². The summed E-state index contributed by atoms with van der Waals surface area (Å²) in [6, 6.07) is 23.9. The zero-order chi connectivity index (χ0) is 23.8. The molecule has 1 N–H and O–H groups in total. The van der Waals surface area contributed by atoms with E-state index in [1.54, 1.807) is 7.11 Å². The maximum absolute atomic E-state index is 13.5. The van der Waals surface area contributed by atoms with Crippen molar-refractivity contribution in [1.82, 2.24) is 4.90 Å². The molecule has 1 heterocycles. The lowest BCUT2D eigenvalue weighted by molar-refractivity contribution is 0.0685. The molecule has 0 fully saturated rings. The second-order valence-corrected chi connectivity index (χ2v) is 8.65. The molecule has 34 heavy (non-hydrogen) atoms. The highest BCUT2D eigenvalue weighted by atomic mass is 16.5. The number of nitrogens with zero attached hydrogens (tertiary/aromatic N) is 1. The number of unbranched alkanes of at least 4 members (excludes halogenated alkanes) is 3. The van der Waals surface area contributed by atoms with E-state index >= 15 is 0 Å². The molecule has 1 aliphatic heterocycles. The number of para-hydroxylation sites is 1. The quantitative estimate of drug-likeness (QED) is 0.335. The molecule has 3 aromatic rings. The molecule has 0 saturated heterocycles. The number of hydrogen-bond acceptors (Lipinski definition) is 4. The van der Waals surface area contributed by atoms with Crippen molar-refractivity contribution in [3.63, 3.8) is 0 Å². The molecule has 0 radical (unpaired) electrons. The first kappa shape index (κ1) is 23.7. The summed E-state index contributed by atoms with van der Waals surface area (Å²) < 4.78 is 11.7. The molecule has 0 bridgehead atoms. The number of fused-ring (bicyclic) bond motifs is 1. The summed E-state index contributed by atoms with van der Waals surface area (Å²) in [6.07, 6.45) is 5.11. The number of benzene rings is 3. The van der Waals surface area contributed by atoms with Crippen molar-refractivity contribution in [1.29, 1.82) is 0 Å². The topological polar surface area (TPSA) is 50.8 Å². The third-order valence-electron chi connectivity index (χ3n) is 6.27. The Bertz CT molecular complexity index is 1080. The molecular weight excluding hydrogens is 424 g/mol. The number of amides is 1. The third-order valence-corrected chi connectivity index (χ3v) is 6.27. The number of methoxy groups -OCH3 is 1. The molecule has 178 valence electrons. The van der Waals surface area contributed by atoms with Crippen LogP contribution in [-0.2, 0) is 6.42 Å². The number of anilines is 1. The highest BCUT2D eigenvalue weighted by Gasteiger charge is 2.33. The average Bonchev–Trinajstić information content (AvgIpc) is 2.88. The minimum atomic E-state index is -0.293. The van der Waals surface area contributed by atoms with Gasteiger partial charge in [0.25, 0.3) is 5.91 Å². The fourth-order valence-corrected chi connectivity index (χ4v) is 4.37. The van der Waals surface area contributed by atoms with Crippen LogP contribution in [0.3, 0.4) is 0 Å². The molecule has 5 heteroatoms. The second kappa shape index (κ2) is 11.6. The molecule has 1 amide bonds. The summed E-state index contributed by atoms with van der Waals surface area (Å²) in [5.74, 6) is 1.45. The largest absolute Gasteiger partial charge is 0.493 e. The Morgan fingerprint density at radius 1 is 0.912 bits per heavy atom. The van der Waals surface area contributed by atoms with Gasteiger partial charge in [-0.05, 0) is 48.2 Å². The minimum absolute atomic E-state index is 0.0329. The summed E-state index contributed by atoms with van der Waals surface area (Å²) in [5.41, 5.74) is 3.72. The average molecular weight is 459 g/mol. The zero-order valence-electron chi connectivity index (χ0n) is 20.1. The summed E-state index contributed by atoms with van der Waals surface area (Å²) in [4.78, 5) is 15.4. The molecule has 1 unspecified atom stereocenters. The maximum Gasteiger partial charge on any atom is 0.257 e. The molecule has 5 nitrogen and oxygen atoms in total. The van der Waals surface area contributed by atoms with Gasteiger partial charge in [-0.3, -0.25) is 4.79 Å². The van der Waals surface area contributed by atoms with Crippen LogP contribution in [0.1, 0.15) is 60.3 Å².